The van der Waals surface area contributed by atoms with Crippen molar-refractivity contribution in [3.8, 4) is 11.5 Å². The van der Waals surface area contributed by atoms with E-state index in [1.165, 1.54) is 0 Å². The van der Waals surface area contributed by atoms with Gasteiger partial charge in [0.2, 0.25) is 0 Å². The number of hydrogen-bond acceptors (Lipinski definition) is 6. The Morgan fingerprint density at radius 3 is 2.89 bits per heavy atom. The average Bonchev–Trinajstić information content (AvgIpc) is 3.28. The molecule has 2 aromatic rings. The molecule has 0 spiro atoms. The lowest BCUT2D eigenvalue weighted by molar-refractivity contribution is 0.253. The summed E-state index contributed by atoms with van der Waals surface area (Å²) >= 11 is 11.9. The van der Waals surface area contributed by atoms with Crippen molar-refractivity contribution in [1.29, 1.82) is 0 Å². The summed E-state index contributed by atoms with van der Waals surface area (Å²) in [7, 11) is 0. The predicted molar refractivity (Wildman–Crippen MR) is 118 cm³/mol. The topological polar surface area (TPSA) is 58.0 Å². The zero-order chi connectivity index (χ0) is 19.8. The average molecular weight is 483 g/mol. The molecule has 3 heterocycles. The van der Waals surface area contributed by atoms with Gasteiger partial charge in [0.1, 0.15) is 11.1 Å². The molecule has 1 aromatic carbocycles. The van der Waals surface area contributed by atoms with Gasteiger partial charge < -0.3 is 14.7 Å². The first-order valence-corrected chi connectivity index (χ1v) is 11.5. The second-order valence-electron chi connectivity index (χ2n) is 6.71. The van der Waals surface area contributed by atoms with Crippen LogP contribution in [0.3, 0.4) is 0 Å². The predicted octanol–water partition coefficient (Wildman–Crippen LogP) is 5.58. The number of benzene rings is 1. The van der Waals surface area contributed by atoms with Crippen molar-refractivity contribution in [2.24, 2.45) is 4.99 Å². The minimum Gasteiger partial charge on any atom is -0.503 e. The third-order valence-corrected chi connectivity index (χ3v) is 7.70. The van der Waals surface area contributed by atoms with Gasteiger partial charge in [0.15, 0.2) is 16.7 Å². The number of aromatic nitrogens is 1. The van der Waals surface area contributed by atoms with Crippen molar-refractivity contribution in [2.45, 2.75) is 38.4 Å². The molecule has 0 amide bonds. The van der Waals surface area contributed by atoms with E-state index in [0.29, 0.717) is 22.9 Å². The Hall–Kier alpha value is -1.44. The monoisotopic (exact) mass is 481 g/mol. The van der Waals surface area contributed by atoms with E-state index in [-0.39, 0.29) is 22.9 Å². The number of ether oxygens (including phenoxy) is 1. The largest absolute Gasteiger partial charge is 0.503 e. The Morgan fingerprint density at radius 1 is 1.39 bits per heavy atom. The van der Waals surface area contributed by atoms with E-state index in [4.69, 9.17) is 21.3 Å². The van der Waals surface area contributed by atoms with Crippen molar-refractivity contribution in [3.63, 3.8) is 0 Å². The fourth-order valence-corrected chi connectivity index (χ4v) is 5.86. The molecule has 1 saturated heterocycles. The molecular weight excluding hydrogens is 462 g/mol. The van der Waals surface area contributed by atoms with E-state index >= 15 is 0 Å². The Labute approximate surface area is 182 Å². The molecule has 8 heteroatoms. The van der Waals surface area contributed by atoms with Gasteiger partial charge in [-0.25, -0.2) is 0 Å². The van der Waals surface area contributed by atoms with Gasteiger partial charge in [-0.1, -0.05) is 36.4 Å². The number of thioether (sulfide) groups is 1. The fraction of sp³-hybridized carbons (Fsp3) is 0.400. The van der Waals surface area contributed by atoms with Crippen molar-refractivity contribution >= 4 is 44.5 Å². The number of aromatic hydroxyl groups is 1. The first-order valence-electron chi connectivity index (χ1n) is 9.30. The van der Waals surface area contributed by atoms with Gasteiger partial charge in [-0.05, 0) is 53.0 Å². The highest BCUT2D eigenvalue weighted by Crippen LogP contribution is 2.53. The molecule has 148 valence electrons. The van der Waals surface area contributed by atoms with Crippen molar-refractivity contribution in [2.75, 3.05) is 12.4 Å². The number of phenols is 1. The third-order valence-electron chi connectivity index (χ3n) is 5.12. The van der Waals surface area contributed by atoms with Crippen LogP contribution < -0.4 is 4.74 Å². The summed E-state index contributed by atoms with van der Waals surface area (Å²) in [4.78, 5) is 12.0. The molecule has 0 saturated carbocycles. The van der Waals surface area contributed by atoms with Crippen LogP contribution in [-0.4, -0.2) is 38.6 Å². The normalized spacial score (nSPS) is 23.6. The van der Waals surface area contributed by atoms with E-state index in [9.17, 15) is 5.11 Å². The maximum atomic E-state index is 10.4. The van der Waals surface area contributed by atoms with Crippen LogP contribution >= 0.6 is 39.3 Å². The molecule has 1 aromatic heterocycles. The second kappa shape index (κ2) is 8.13. The summed E-state index contributed by atoms with van der Waals surface area (Å²) < 4.78 is 6.32. The maximum Gasteiger partial charge on any atom is 0.177 e. The molecule has 3 atom stereocenters. The highest BCUT2D eigenvalue weighted by Gasteiger charge is 2.46. The Balaban J connectivity index is 1.87. The van der Waals surface area contributed by atoms with Crippen molar-refractivity contribution in [1.82, 2.24) is 9.88 Å². The van der Waals surface area contributed by atoms with Crippen LogP contribution in [0.2, 0.25) is 5.02 Å². The second-order valence-corrected chi connectivity index (χ2v) is 8.87. The quantitative estimate of drug-likeness (QED) is 0.603. The number of pyridine rings is 1. The van der Waals surface area contributed by atoms with Crippen LogP contribution in [0.1, 0.15) is 43.6 Å². The number of aliphatic imine (C=N–C) groups is 1. The summed E-state index contributed by atoms with van der Waals surface area (Å²) in [5.74, 6) is 1.36. The van der Waals surface area contributed by atoms with Crippen LogP contribution in [0.15, 0.2) is 39.9 Å². The molecule has 1 N–H and O–H groups in total. The van der Waals surface area contributed by atoms with Crippen LogP contribution in [0.4, 0.5) is 0 Å². The summed E-state index contributed by atoms with van der Waals surface area (Å²) in [5.41, 5.74) is 1.86. The Bertz CT molecular complexity index is 912. The number of phenolic OH excluding ortho intramolecular Hbond substituents is 1. The van der Waals surface area contributed by atoms with Crippen molar-refractivity contribution < 1.29 is 9.84 Å². The fourth-order valence-electron chi connectivity index (χ4n) is 3.78. The highest BCUT2D eigenvalue weighted by molar-refractivity contribution is 9.10. The van der Waals surface area contributed by atoms with Crippen LogP contribution in [0, 0.1) is 0 Å². The van der Waals surface area contributed by atoms with Crippen LogP contribution in [-0.2, 0) is 0 Å². The van der Waals surface area contributed by atoms with Gasteiger partial charge in [0.25, 0.3) is 0 Å². The molecule has 0 unspecified atom stereocenters. The minimum absolute atomic E-state index is 0.0458. The number of hydrogen-bond donors (Lipinski definition) is 1. The molecule has 1 fully saturated rings. The summed E-state index contributed by atoms with van der Waals surface area (Å²) in [6.07, 6.45) is 2.82. The molecular formula is C20H21BrClN3O2S. The van der Waals surface area contributed by atoms with Gasteiger partial charge in [0.05, 0.1) is 18.3 Å². The lowest BCUT2D eigenvalue weighted by Gasteiger charge is -2.33. The molecule has 0 radical (unpaired) electrons. The van der Waals surface area contributed by atoms with E-state index < -0.39 is 0 Å². The molecule has 0 bridgehead atoms. The first kappa shape index (κ1) is 19.9. The van der Waals surface area contributed by atoms with E-state index in [0.717, 1.165) is 28.6 Å². The smallest absolute Gasteiger partial charge is 0.177 e. The molecule has 5 nitrogen and oxygen atoms in total. The Kier molecular flexibility index (Phi) is 5.76. The molecule has 2 aliphatic heterocycles. The lowest BCUT2D eigenvalue weighted by Crippen LogP contribution is -2.35. The SMILES string of the molecule is CCOc1cc([C@H]2[C@H](c3ccccn3)N=C3SC[C@@H](CC)N32)c(Br)c(Cl)c1O. The molecule has 4 rings (SSSR count). The zero-order valence-corrected chi connectivity index (χ0v) is 18.8. The number of rotatable bonds is 5. The third kappa shape index (κ3) is 3.27. The van der Waals surface area contributed by atoms with Crippen LogP contribution in [0.5, 0.6) is 11.5 Å². The number of nitrogens with zero attached hydrogens (tertiary/aromatic N) is 3. The lowest BCUT2D eigenvalue weighted by atomic mass is 9.95. The van der Waals surface area contributed by atoms with E-state index in [2.05, 4.69) is 32.7 Å². The zero-order valence-electron chi connectivity index (χ0n) is 15.6. The van der Waals surface area contributed by atoms with Gasteiger partial charge in [-0.15, -0.1) is 0 Å². The standard InChI is InChI=1S/C20H21BrClN3O2S/c1-3-11-10-28-20-24-17(13-7-5-6-8-23-13)18(25(11)20)12-9-14(27-4-2)19(26)16(22)15(12)21/h5-9,11,17-18,26H,3-4,10H2,1-2H3/t11-,17+,18+/m1/s1. The Morgan fingerprint density at radius 2 is 2.21 bits per heavy atom. The summed E-state index contributed by atoms with van der Waals surface area (Å²) in [6, 6.07) is 7.95. The molecule has 2 aliphatic rings. The van der Waals surface area contributed by atoms with Gasteiger partial charge in [0, 0.05) is 22.5 Å². The molecule has 0 aliphatic carbocycles. The molecule has 28 heavy (non-hydrogen) atoms. The number of halogens is 2. The number of amidine groups is 1. The van der Waals surface area contributed by atoms with E-state index in [1.807, 2.05) is 31.2 Å². The maximum absolute atomic E-state index is 10.4. The van der Waals surface area contributed by atoms with Crippen LogP contribution in [0.25, 0.3) is 0 Å². The summed E-state index contributed by atoms with van der Waals surface area (Å²) in [5, 5.41) is 11.7. The summed E-state index contributed by atoms with van der Waals surface area (Å²) in [6.45, 7) is 4.52. The van der Waals surface area contributed by atoms with Crippen molar-refractivity contribution in [3.05, 3.63) is 51.2 Å². The van der Waals surface area contributed by atoms with Gasteiger partial charge in [-0.2, -0.15) is 0 Å². The van der Waals surface area contributed by atoms with Gasteiger partial charge >= 0.3 is 0 Å². The van der Waals surface area contributed by atoms with E-state index in [1.54, 1.807) is 18.0 Å². The first-order chi connectivity index (χ1) is 13.6. The minimum atomic E-state index is -0.149. The van der Waals surface area contributed by atoms with Gasteiger partial charge in [-0.3, -0.25) is 9.98 Å². The highest BCUT2D eigenvalue weighted by atomic mass is 79.9. The number of fused-ring (bicyclic) bond motifs is 1.